The van der Waals surface area contributed by atoms with Crippen molar-refractivity contribution in [2.24, 2.45) is 0 Å². The molecular formula is C18H13BrO3. The van der Waals surface area contributed by atoms with Crippen molar-refractivity contribution in [3.05, 3.63) is 71.3 Å². The number of halogens is 1. The maximum absolute atomic E-state index is 12.5. The quantitative estimate of drug-likeness (QED) is 0.474. The van der Waals surface area contributed by atoms with E-state index < -0.39 is 4.32 Å². The first kappa shape index (κ1) is 14.9. The molecule has 0 spiro atoms. The molecule has 0 aromatic heterocycles. The Balaban J connectivity index is 1.80. The fourth-order valence-corrected chi connectivity index (χ4v) is 3.32. The Morgan fingerprint density at radius 3 is 1.91 bits per heavy atom. The number of benzene rings is 2. The molecule has 0 radical (unpaired) electrons. The van der Waals surface area contributed by atoms with Gasteiger partial charge in [0, 0.05) is 23.1 Å². The number of Topliss-reactive ketones (excluding diaryl/α,β-unsaturated/α-hetero) is 3. The normalized spacial score (nSPS) is 15.7. The first-order chi connectivity index (χ1) is 10.5. The van der Waals surface area contributed by atoms with Crippen molar-refractivity contribution in [1.29, 1.82) is 0 Å². The lowest BCUT2D eigenvalue weighted by atomic mass is 9.94. The fraction of sp³-hybridized carbons (Fsp3) is 0.167. The smallest absolute Gasteiger partial charge is 0.188 e. The van der Waals surface area contributed by atoms with E-state index in [1.54, 1.807) is 48.5 Å². The Morgan fingerprint density at radius 1 is 0.864 bits per heavy atom. The predicted octanol–water partition coefficient (Wildman–Crippen LogP) is 3.86. The van der Waals surface area contributed by atoms with Gasteiger partial charge in [0.25, 0.3) is 0 Å². The summed E-state index contributed by atoms with van der Waals surface area (Å²) in [6, 6.07) is 15.7. The van der Waals surface area contributed by atoms with Gasteiger partial charge in [0.2, 0.25) is 0 Å². The number of hydrogen-bond acceptors (Lipinski definition) is 3. The molecule has 0 saturated heterocycles. The third-order valence-electron chi connectivity index (χ3n) is 3.93. The van der Waals surface area contributed by atoms with Crippen LogP contribution in [-0.2, 0) is 0 Å². The van der Waals surface area contributed by atoms with E-state index in [2.05, 4.69) is 15.9 Å². The molecule has 110 valence electrons. The molecule has 0 fully saturated rings. The molecule has 0 atom stereocenters. The summed E-state index contributed by atoms with van der Waals surface area (Å²) in [7, 11) is 0. The van der Waals surface area contributed by atoms with Crippen LogP contribution in [0.3, 0.4) is 0 Å². The van der Waals surface area contributed by atoms with E-state index in [0.717, 1.165) is 0 Å². The molecule has 2 aromatic rings. The maximum Gasteiger partial charge on any atom is 0.188 e. The lowest BCUT2D eigenvalue weighted by Gasteiger charge is -2.17. The van der Waals surface area contributed by atoms with Gasteiger partial charge in [-0.1, -0.05) is 70.5 Å². The van der Waals surface area contributed by atoms with Gasteiger partial charge in [-0.3, -0.25) is 14.4 Å². The van der Waals surface area contributed by atoms with Crippen LogP contribution in [0.2, 0.25) is 0 Å². The maximum atomic E-state index is 12.5. The van der Waals surface area contributed by atoms with Crippen LogP contribution in [0.15, 0.2) is 54.6 Å². The summed E-state index contributed by atoms with van der Waals surface area (Å²) in [5, 5.41) is 0. The minimum atomic E-state index is -1.30. The SMILES string of the molecule is O=C(CCC1(Br)C(=O)c2ccccc2C1=O)c1ccccc1. The van der Waals surface area contributed by atoms with Crippen LogP contribution in [0.5, 0.6) is 0 Å². The molecule has 0 bridgehead atoms. The van der Waals surface area contributed by atoms with Crippen LogP contribution in [0, 0.1) is 0 Å². The van der Waals surface area contributed by atoms with E-state index in [1.165, 1.54) is 0 Å². The van der Waals surface area contributed by atoms with Crippen LogP contribution in [0.25, 0.3) is 0 Å². The number of carbonyl (C=O) groups excluding carboxylic acids is 3. The van der Waals surface area contributed by atoms with Gasteiger partial charge >= 0.3 is 0 Å². The van der Waals surface area contributed by atoms with Crippen LogP contribution in [-0.4, -0.2) is 21.7 Å². The van der Waals surface area contributed by atoms with Crippen molar-refractivity contribution < 1.29 is 14.4 Å². The Hall–Kier alpha value is -2.07. The Bertz CT molecular complexity index is 730. The van der Waals surface area contributed by atoms with Gasteiger partial charge in [-0.25, -0.2) is 0 Å². The van der Waals surface area contributed by atoms with Crippen molar-refractivity contribution in [2.75, 3.05) is 0 Å². The lowest BCUT2D eigenvalue weighted by molar-refractivity contribution is 0.0858. The Labute approximate surface area is 136 Å². The average Bonchev–Trinajstić information content (AvgIpc) is 2.76. The van der Waals surface area contributed by atoms with Gasteiger partial charge in [-0.2, -0.15) is 0 Å². The zero-order valence-corrected chi connectivity index (χ0v) is 13.3. The molecule has 1 aliphatic rings. The van der Waals surface area contributed by atoms with Crippen molar-refractivity contribution in [1.82, 2.24) is 0 Å². The molecule has 0 amide bonds. The van der Waals surface area contributed by atoms with Gasteiger partial charge in [0.05, 0.1) is 0 Å². The van der Waals surface area contributed by atoms with Crippen LogP contribution < -0.4 is 0 Å². The summed E-state index contributed by atoms with van der Waals surface area (Å²) in [6.45, 7) is 0. The molecular weight excluding hydrogens is 344 g/mol. The highest BCUT2D eigenvalue weighted by Crippen LogP contribution is 2.40. The molecule has 0 saturated carbocycles. The molecule has 1 aliphatic carbocycles. The summed E-state index contributed by atoms with van der Waals surface area (Å²) in [6.07, 6.45) is 0.299. The number of alkyl halides is 1. The molecule has 0 N–H and O–H groups in total. The Kier molecular flexibility index (Phi) is 3.79. The third kappa shape index (κ3) is 2.33. The van der Waals surface area contributed by atoms with Crippen molar-refractivity contribution >= 4 is 33.3 Å². The predicted molar refractivity (Wildman–Crippen MR) is 86.8 cm³/mol. The highest BCUT2D eigenvalue weighted by molar-refractivity contribution is 9.10. The summed E-state index contributed by atoms with van der Waals surface area (Å²) < 4.78 is -1.30. The molecule has 0 unspecified atom stereocenters. The second-order valence-electron chi connectivity index (χ2n) is 5.29. The summed E-state index contributed by atoms with van der Waals surface area (Å²) >= 11 is 3.31. The van der Waals surface area contributed by atoms with Crippen molar-refractivity contribution in [3.8, 4) is 0 Å². The number of rotatable bonds is 4. The zero-order valence-electron chi connectivity index (χ0n) is 11.7. The van der Waals surface area contributed by atoms with Crippen molar-refractivity contribution in [2.45, 2.75) is 17.2 Å². The largest absolute Gasteiger partial charge is 0.294 e. The van der Waals surface area contributed by atoms with E-state index in [-0.39, 0.29) is 30.2 Å². The molecule has 22 heavy (non-hydrogen) atoms. The standard InChI is InChI=1S/C18H13BrO3/c19-18(11-10-15(20)12-6-2-1-3-7-12)16(21)13-8-4-5-9-14(13)17(18)22/h1-9H,10-11H2. The van der Waals surface area contributed by atoms with Crippen molar-refractivity contribution in [3.63, 3.8) is 0 Å². The highest BCUT2D eigenvalue weighted by Gasteiger charge is 2.50. The highest BCUT2D eigenvalue weighted by atomic mass is 79.9. The number of ketones is 3. The minimum absolute atomic E-state index is 0.0732. The first-order valence-electron chi connectivity index (χ1n) is 7.00. The van der Waals surface area contributed by atoms with E-state index in [0.29, 0.717) is 16.7 Å². The topological polar surface area (TPSA) is 51.2 Å². The summed E-state index contributed by atoms with van der Waals surface area (Å²) in [5.41, 5.74) is 1.45. The molecule has 3 rings (SSSR count). The Morgan fingerprint density at radius 2 is 1.36 bits per heavy atom. The fourth-order valence-electron chi connectivity index (χ4n) is 2.69. The van der Waals surface area contributed by atoms with E-state index in [9.17, 15) is 14.4 Å². The molecule has 2 aromatic carbocycles. The number of carbonyl (C=O) groups is 3. The van der Waals surface area contributed by atoms with E-state index >= 15 is 0 Å². The molecule has 0 heterocycles. The number of fused-ring (bicyclic) bond motifs is 1. The third-order valence-corrected chi connectivity index (χ3v) is 5.05. The molecule has 3 nitrogen and oxygen atoms in total. The van der Waals surface area contributed by atoms with Gasteiger partial charge < -0.3 is 0 Å². The van der Waals surface area contributed by atoms with E-state index in [1.807, 2.05) is 6.07 Å². The van der Waals surface area contributed by atoms with Gasteiger partial charge in [-0.15, -0.1) is 0 Å². The minimum Gasteiger partial charge on any atom is -0.294 e. The lowest BCUT2D eigenvalue weighted by Crippen LogP contribution is -2.34. The second kappa shape index (κ2) is 5.61. The zero-order chi connectivity index (χ0) is 15.7. The van der Waals surface area contributed by atoms with Crippen LogP contribution in [0.1, 0.15) is 43.9 Å². The summed E-state index contributed by atoms with van der Waals surface area (Å²) in [5.74, 6) is -0.584. The molecule has 0 aliphatic heterocycles. The first-order valence-corrected chi connectivity index (χ1v) is 7.79. The molecule has 4 heteroatoms. The van der Waals surface area contributed by atoms with Gasteiger partial charge in [0.1, 0.15) is 0 Å². The van der Waals surface area contributed by atoms with Gasteiger partial charge in [-0.05, 0) is 6.42 Å². The summed E-state index contributed by atoms with van der Waals surface area (Å²) in [4.78, 5) is 37.2. The van der Waals surface area contributed by atoms with Crippen LogP contribution >= 0.6 is 15.9 Å². The van der Waals surface area contributed by atoms with Crippen LogP contribution in [0.4, 0.5) is 0 Å². The van der Waals surface area contributed by atoms with Gasteiger partial charge in [0.15, 0.2) is 21.7 Å². The monoisotopic (exact) mass is 356 g/mol. The second-order valence-corrected chi connectivity index (χ2v) is 6.65. The van der Waals surface area contributed by atoms with E-state index in [4.69, 9.17) is 0 Å². The number of hydrogen-bond donors (Lipinski definition) is 0. The average molecular weight is 357 g/mol.